The highest BCUT2D eigenvalue weighted by molar-refractivity contribution is 6.12. The second-order valence-corrected chi connectivity index (χ2v) is 6.27. The van der Waals surface area contributed by atoms with E-state index < -0.39 is 0 Å². The van der Waals surface area contributed by atoms with Gasteiger partial charge in [-0.05, 0) is 43.2 Å². The van der Waals surface area contributed by atoms with Gasteiger partial charge < -0.3 is 20.4 Å². The molecular weight excluding hydrogens is 330 g/mol. The fourth-order valence-corrected chi connectivity index (χ4v) is 3.10. The maximum absolute atomic E-state index is 12.5. The molecule has 6 nitrogen and oxygen atoms in total. The zero-order chi connectivity index (χ0) is 17.9. The summed E-state index contributed by atoms with van der Waals surface area (Å²) in [7, 11) is 0. The van der Waals surface area contributed by atoms with Crippen LogP contribution in [0.4, 0.5) is 11.4 Å². The third kappa shape index (κ3) is 3.32. The average Bonchev–Trinajstić information content (AvgIpc) is 3.33. The lowest BCUT2D eigenvalue weighted by Crippen LogP contribution is -2.26. The smallest absolute Gasteiger partial charge is 0.257 e. The molecular formula is C20H19N3O3. The summed E-state index contributed by atoms with van der Waals surface area (Å²) in [5.74, 6) is -0.309. The second-order valence-electron chi connectivity index (χ2n) is 6.27. The maximum Gasteiger partial charge on any atom is 0.257 e. The molecule has 0 bridgehead atoms. The van der Waals surface area contributed by atoms with Gasteiger partial charge >= 0.3 is 0 Å². The summed E-state index contributed by atoms with van der Waals surface area (Å²) >= 11 is 0. The Hall–Kier alpha value is -3.12. The van der Waals surface area contributed by atoms with Crippen LogP contribution < -0.4 is 10.6 Å². The van der Waals surface area contributed by atoms with Crippen molar-refractivity contribution in [1.82, 2.24) is 4.98 Å². The predicted molar refractivity (Wildman–Crippen MR) is 100 cm³/mol. The number of para-hydroxylation sites is 1. The first-order valence-electron chi connectivity index (χ1n) is 8.61. The third-order valence-electron chi connectivity index (χ3n) is 4.47. The Morgan fingerprint density at radius 1 is 1.00 bits per heavy atom. The quantitative estimate of drug-likeness (QED) is 0.674. The van der Waals surface area contributed by atoms with Crippen LogP contribution in [0.5, 0.6) is 0 Å². The van der Waals surface area contributed by atoms with Crippen LogP contribution in [0, 0.1) is 0 Å². The van der Waals surface area contributed by atoms with E-state index in [2.05, 4.69) is 15.6 Å². The van der Waals surface area contributed by atoms with Crippen molar-refractivity contribution in [1.29, 1.82) is 0 Å². The fraction of sp³-hybridized carbons (Fsp3) is 0.200. The average molecular weight is 349 g/mol. The van der Waals surface area contributed by atoms with Crippen LogP contribution >= 0.6 is 0 Å². The minimum atomic E-state index is -0.365. The standard InChI is InChI=1S/C20H19N3O3/c24-19(16-12-21-17-5-2-1-4-15(16)17)22-13-7-9-14(10-8-13)23-20(25)18-6-3-11-26-18/h1-2,4-5,7-10,12,18,21H,3,6,11H2,(H,22,24)(H,23,25)/t18-/m0/s1. The normalized spacial score (nSPS) is 16.5. The van der Waals surface area contributed by atoms with Crippen molar-refractivity contribution in [2.75, 3.05) is 17.2 Å². The van der Waals surface area contributed by atoms with E-state index in [1.165, 1.54) is 0 Å². The van der Waals surface area contributed by atoms with Gasteiger partial charge in [0.05, 0.1) is 5.56 Å². The van der Waals surface area contributed by atoms with Gasteiger partial charge in [-0.3, -0.25) is 9.59 Å². The number of fused-ring (bicyclic) bond motifs is 1. The van der Waals surface area contributed by atoms with Crippen molar-refractivity contribution in [2.24, 2.45) is 0 Å². The molecule has 0 unspecified atom stereocenters. The molecule has 1 atom stereocenters. The van der Waals surface area contributed by atoms with E-state index in [1.807, 2.05) is 24.3 Å². The van der Waals surface area contributed by atoms with E-state index in [0.29, 0.717) is 23.5 Å². The summed E-state index contributed by atoms with van der Waals surface area (Å²) in [5.41, 5.74) is 2.85. The summed E-state index contributed by atoms with van der Waals surface area (Å²) in [5, 5.41) is 6.59. The summed E-state index contributed by atoms with van der Waals surface area (Å²) in [4.78, 5) is 27.6. The molecule has 0 saturated carbocycles. The van der Waals surface area contributed by atoms with Gasteiger partial charge in [-0.15, -0.1) is 0 Å². The summed E-state index contributed by atoms with van der Waals surface area (Å²) in [6.07, 6.45) is 3.01. The van der Waals surface area contributed by atoms with Gasteiger partial charge in [0.2, 0.25) is 0 Å². The predicted octanol–water partition coefficient (Wildman–Crippen LogP) is 3.54. The van der Waals surface area contributed by atoms with E-state index in [1.54, 1.807) is 30.5 Å². The molecule has 2 heterocycles. The molecule has 0 aliphatic carbocycles. The van der Waals surface area contributed by atoms with Gasteiger partial charge in [-0.25, -0.2) is 0 Å². The number of rotatable bonds is 4. The number of aromatic nitrogens is 1. The molecule has 3 N–H and O–H groups in total. The van der Waals surface area contributed by atoms with Crippen molar-refractivity contribution >= 4 is 34.1 Å². The molecule has 0 spiro atoms. The van der Waals surface area contributed by atoms with Gasteiger partial charge in [0.15, 0.2) is 0 Å². The highest BCUT2D eigenvalue weighted by Crippen LogP contribution is 2.21. The van der Waals surface area contributed by atoms with Crippen molar-refractivity contribution in [3.05, 3.63) is 60.3 Å². The van der Waals surface area contributed by atoms with Crippen LogP contribution in [0.25, 0.3) is 10.9 Å². The number of aromatic amines is 1. The zero-order valence-electron chi connectivity index (χ0n) is 14.1. The lowest BCUT2D eigenvalue weighted by molar-refractivity contribution is -0.124. The Kier molecular flexibility index (Phi) is 4.41. The molecule has 1 fully saturated rings. The second kappa shape index (κ2) is 7.01. The highest BCUT2D eigenvalue weighted by atomic mass is 16.5. The van der Waals surface area contributed by atoms with Gasteiger partial charge in [-0.2, -0.15) is 0 Å². The number of hydrogen-bond acceptors (Lipinski definition) is 3. The van der Waals surface area contributed by atoms with Gasteiger partial charge in [-0.1, -0.05) is 18.2 Å². The van der Waals surface area contributed by atoms with Crippen molar-refractivity contribution < 1.29 is 14.3 Å². The topological polar surface area (TPSA) is 83.2 Å². The van der Waals surface area contributed by atoms with E-state index >= 15 is 0 Å². The number of ether oxygens (including phenoxy) is 1. The largest absolute Gasteiger partial charge is 0.368 e. The molecule has 6 heteroatoms. The monoisotopic (exact) mass is 349 g/mol. The number of nitrogens with one attached hydrogen (secondary N) is 3. The minimum Gasteiger partial charge on any atom is -0.368 e. The van der Waals surface area contributed by atoms with Crippen LogP contribution in [0.2, 0.25) is 0 Å². The van der Waals surface area contributed by atoms with Crippen molar-refractivity contribution in [3.63, 3.8) is 0 Å². The molecule has 1 saturated heterocycles. The lowest BCUT2D eigenvalue weighted by atomic mass is 10.1. The Morgan fingerprint density at radius 3 is 2.46 bits per heavy atom. The Morgan fingerprint density at radius 2 is 1.73 bits per heavy atom. The SMILES string of the molecule is O=C(Nc1ccc(NC(=O)[C@@H]2CCCO2)cc1)c1c[nH]c2ccccc12. The van der Waals surface area contributed by atoms with Gasteiger partial charge in [0.25, 0.3) is 11.8 Å². The number of H-pyrrole nitrogens is 1. The van der Waals surface area contributed by atoms with E-state index in [0.717, 1.165) is 23.7 Å². The number of anilines is 2. The summed E-state index contributed by atoms with van der Waals surface area (Å²) in [6, 6.07) is 14.7. The fourth-order valence-electron chi connectivity index (χ4n) is 3.10. The Labute approximate surface area is 150 Å². The van der Waals surface area contributed by atoms with Crippen LogP contribution in [0.15, 0.2) is 54.7 Å². The molecule has 3 aromatic rings. The molecule has 1 aliphatic rings. The number of benzene rings is 2. The Balaban J connectivity index is 1.42. The molecule has 26 heavy (non-hydrogen) atoms. The highest BCUT2D eigenvalue weighted by Gasteiger charge is 2.23. The van der Waals surface area contributed by atoms with Gasteiger partial charge in [0.1, 0.15) is 6.10 Å². The van der Waals surface area contributed by atoms with Crippen LogP contribution in [-0.2, 0) is 9.53 Å². The van der Waals surface area contributed by atoms with E-state index in [4.69, 9.17) is 4.74 Å². The van der Waals surface area contributed by atoms with Crippen LogP contribution in [-0.4, -0.2) is 29.5 Å². The molecule has 2 aromatic carbocycles. The summed E-state index contributed by atoms with van der Waals surface area (Å²) < 4.78 is 5.37. The van der Waals surface area contributed by atoms with E-state index in [-0.39, 0.29) is 17.9 Å². The van der Waals surface area contributed by atoms with E-state index in [9.17, 15) is 9.59 Å². The number of amides is 2. The number of hydrogen-bond donors (Lipinski definition) is 3. The Bertz CT molecular complexity index is 940. The van der Waals surface area contributed by atoms with Crippen LogP contribution in [0.1, 0.15) is 23.2 Å². The first-order chi connectivity index (χ1) is 12.7. The molecule has 2 amide bonds. The first kappa shape index (κ1) is 16.4. The third-order valence-corrected chi connectivity index (χ3v) is 4.47. The summed E-state index contributed by atoms with van der Waals surface area (Å²) in [6.45, 7) is 0.636. The molecule has 0 radical (unpaired) electrons. The maximum atomic E-state index is 12.5. The molecule has 4 rings (SSSR count). The van der Waals surface area contributed by atoms with Crippen molar-refractivity contribution in [3.8, 4) is 0 Å². The van der Waals surface area contributed by atoms with Crippen molar-refractivity contribution in [2.45, 2.75) is 18.9 Å². The molecule has 1 aromatic heterocycles. The molecule has 1 aliphatic heterocycles. The number of carbonyl (C=O) groups excluding carboxylic acids is 2. The zero-order valence-corrected chi connectivity index (χ0v) is 14.1. The minimum absolute atomic E-state index is 0.127. The van der Waals surface area contributed by atoms with Gasteiger partial charge in [0, 0.05) is 35.1 Å². The lowest BCUT2D eigenvalue weighted by Gasteiger charge is -2.11. The first-order valence-corrected chi connectivity index (χ1v) is 8.61. The van der Waals surface area contributed by atoms with Crippen LogP contribution in [0.3, 0.4) is 0 Å². The number of carbonyl (C=O) groups is 2. The molecule has 132 valence electrons.